The number of hydrogen-bond acceptors (Lipinski definition) is 7. The molecule has 2 aromatic rings. The number of Topliss-reactive ketones (excluding diaryl/α,β-unsaturated/α-hetero) is 1. The molecule has 2 fully saturated rings. The Bertz CT molecular complexity index is 1060. The number of rotatable bonds is 6. The summed E-state index contributed by atoms with van der Waals surface area (Å²) in [5.74, 6) is 0.390. The summed E-state index contributed by atoms with van der Waals surface area (Å²) in [6.45, 7) is 2.97. The van der Waals surface area contributed by atoms with E-state index in [0.717, 1.165) is 24.8 Å². The third kappa shape index (κ3) is 5.46. The summed E-state index contributed by atoms with van der Waals surface area (Å²) in [4.78, 5) is 46.8. The van der Waals surface area contributed by atoms with Crippen molar-refractivity contribution in [1.82, 2.24) is 14.8 Å². The fourth-order valence-corrected chi connectivity index (χ4v) is 5.10. The van der Waals surface area contributed by atoms with Crippen molar-refractivity contribution in [3.63, 3.8) is 0 Å². The first kappa shape index (κ1) is 23.7. The Balaban J connectivity index is 1.35. The summed E-state index contributed by atoms with van der Waals surface area (Å²) >= 11 is 0. The molecule has 9 heteroatoms. The predicted octanol–water partition coefficient (Wildman–Crippen LogP) is 2.49. The minimum atomic E-state index is -0.371. The highest BCUT2D eigenvalue weighted by atomic mass is 16.5. The molecule has 1 aliphatic carbocycles. The number of furan rings is 1. The van der Waals surface area contributed by atoms with E-state index in [4.69, 9.17) is 13.9 Å². The molecular formula is C26H31N3O6. The van der Waals surface area contributed by atoms with Crippen molar-refractivity contribution in [2.75, 3.05) is 39.4 Å². The van der Waals surface area contributed by atoms with Gasteiger partial charge in [0.2, 0.25) is 5.91 Å². The van der Waals surface area contributed by atoms with Crippen molar-refractivity contribution in [3.05, 3.63) is 53.2 Å². The molecule has 0 spiro atoms. The Hall–Kier alpha value is -3.04. The van der Waals surface area contributed by atoms with Gasteiger partial charge in [-0.25, -0.2) is 0 Å². The topological polar surface area (TPSA) is 102 Å². The highest BCUT2D eigenvalue weighted by Gasteiger charge is 2.36. The molecule has 3 aliphatic rings. The van der Waals surface area contributed by atoms with E-state index in [-0.39, 0.29) is 42.4 Å². The van der Waals surface area contributed by atoms with Crippen LogP contribution in [0.4, 0.5) is 0 Å². The molecule has 9 nitrogen and oxygen atoms in total. The minimum absolute atomic E-state index is 0.0526. The molecule has 2 aromatic heterocycles. The van der Waals surface area contributed by atoms with E-state index in [1.54, 1.807) is 12.4 Å². The average molecular weight is 482 g/mol. The Kier molecular flexibility index (Phi) is 7.24. The Morgan fingerprint density at radius 1 is 1.17 bits per heavy atom. The van der Waals surface area contributed by atoms with Crippen LogP contribution < -0.4 is 0 Å². The van der Waals surface area contributed by atoms with Crippen molar-refractivity contribution in [3.8, 4) is 0 Å². The van der Waals surface area contributed by atoms with Crippen LogP contribution in [0.1, 0.15) is 57.7 Å². The largest absolute Gasteiger partial charge is 0.468 e. The number of ether oxygens (including phenoxy) is 2. The van der Waals surface area contributed by atoms with Crippen molar-refractivity contribution in [2.24, 2.45) is 5.92 Å². The maximum absolute atomic E-state index is 13.6. The molecule has 0 saturated carbocycles. The summed E-state index contributed by atoms with van der Waals surface area (Å²) in [5.41, 5.74) is 1.55. The quantitative estimate of drug-likeness (QED) is 0.625. The lowest BCUT2D eigenvalue weighted by atomic mass is 9.93. The van der Waals surface area contributed by atoms with E-state index in [1.807, 2.05) is 17.0 Å². The van der Waals surface area contributed by atoms with Gasteiger partial charge in [0.15, 0.2) is 5.78 Å². The summed E-state index contributed by atoms with van der Waals surface area (Å²) in [7, 11) is 0. The molecule has 1 unspecified atom stereocenters. The van der Waals surface area contributed by atoms with E-state index in [2.05, 4.69) is 4.98 Å². The number of nitrogens with zero attached hydrogens (tertiary/aromatic N) is 3. The first-order valence-electron chi connectivity index (χ1n) is 12.4. The van der Waals surface area contributed by atoms with E-state index < -0.39 is 0 Å². The standard InChI is InChI=1S/C26H31N3O6/c30-22-4-1-5-23-25(22)21(17-35-23)26(32)29-14-20(34-16-19-3-2-8-27-11-19)13-28(24(31)15-29)12-18-6-9-33-10-7-18/h2-3,8,11,17-18,20H,1,4-7,9-10,12-16H2. The number of carbonyl (C=O) groups excluding carboxylic acids is 3. The zero-order chi connectivity index (χ0) is 24.2. The van der Waals surface area contributed by atoms with Crippen LogP contribution in [0.25, 0.3) is 0 Å². The minimum Gasteiger partial charge on any atom is -0.468 e. The summed E-state index contributed by atoms with van der Waals surface area (Å²) in [6, 6.07) is 3.78. The molecule has 2 saturated heterocycles. The lowest BCUT2D eigenvalue weighted by Crippen LogP contribution is -2.42. The van der Waals surface area contributed by atoms with Gasteiger partial charge in [0.05, 0.1) is 23.8 Å². The van der Waals surface area contributed by atoms with Crippen LogP contribution in [0.15, 0.2) is 35.2 Å². The highest BCUT2D eigenvalue weighted by molar-refractivity contribution is 6.09. The second kappa shape index (κ2) is 10.7. The number of amides is 2. The fraction of sp³-hybridized carbons (Fsp3) is 0.538. The Morgan fingerprint density at radius 2 is 2.03 bits per heavy atom. The van der Waals surface area contributed by atoms with Crippen molar-refractivity contribution in [2.45, 2.75) is 44.8 Å². The maximum atomic E-state index is 13.6. The van der Waals surface area contributed by atoms with Crippen molar-refractivity contribution >= 4 is 17.6 Å². The zero-order valence-electron chi connectivity index (χ0n) is 19.8. The van der Waals surface area contributed by atoms with Crippen LogP contribution in [0, 0.1) is 5.92 Å². The molecule has 0 bridgehead atoms. The molecular weight excluding hydrogens is 450 g/mol. The van der Waals surface area contributed by atoms with Gasteiger partial charge in [-0.1, -0.05) is 6.07 Å². The summed E-state index contributed by atoms with van der Waals surface area (Å²) in [6.07, 6.45) is 8.05. The molecule has 35 heavy (non-hydrogen) atoms. The third-order valence-electron chi connectivity index (χ3n) is 7.03. The molecule has 1 atom stereocenters. The molecule has 2 amide bonds. The van der Waals surface area contributed by atoms with Crippen LogP contribution in [-0.4, -0.2) is 77.9 Å². The summed E-state index contributed by atoms with van der Waals surface area (Å²) < 4.78 is 17.2. The number of ketones is 1. The van der Waals surface area contributed by atoms with Gasteiger partial charge in [-0.2, -0.15) is 0 Å². The van der Waals surface area contributed by atoms with Gasteiger partial charge in [0, 0.05) is 58.1 Å². The number of hydrogen-bond donors (Lipinski definition) is 0. The second-order valence-electron chi connectivity index (χ2n) is 9.56. The normalized spacial score (nSPS) is 21.7. The molecule has 4 heterocycles. The maximum Gasteiger partial charge on any atom is 0.258 e. The van der Waals surface area contributed by atoms with E-state index >= 15 is 0 Å². The van der Waals surface area contributed by atoms with Gasteiger partial charge in [0.25, 0.3) is 5.91 Å². The smallest absolute Gasteiger partial charge is 0.258 e. The SMILES string of the molecule is O=C1CCCc2occ(C(=O)N3CC(=O)N(CC4CCOCC4)CC(OCc4cccnc4)C3)c21. The van der Waals surface area contributed by atoms with Gasteiger partial charge < -0.3 is 23.7 Å². The Labute approximate surface area is 204 Å². The van der Waals surface area contributed by atoms with Crippen LogP contribution in [0.5, 0.6) is 0 Å². The highest BCUT2D eigenvalue weighted by Crippen LogP contribution is 2.28. The van der Waals surface area contributed by atoms with Crippen LogP contribution >= 0.6 is 0 Å². The molecule has 0 N–H and O–H groups in total. The fourth-order valence-electron chi connectivity index (χ4n) is 5.10. The molecule has 0 aromatic carbocycles. The number of carbonyl (C=O) groups is 3. The van der Waals surface area contributed by atoms with Crippen molar-refractivity contribution in [1.29, 1.82) is 0 Å². The van der Waals surface area contributed by atoms with Crippen LogP contribution in [-0.2, 0) is 27.3 Å². The zero-order valence-corrected chi connectivity index (χ0v) is 19.8. The monoisotopic (exact) mass is 481 g/mol. The number of aryl methyl sites for hydroxylation is 1. The average Bonchev–Trinajstić information content (AvgIpc) is 3.26. The molecule has 2 aliphatic heterocycles. The van der Waals surface area contributed by atoms with Gasteiger partial charge in [-0.05, 0) is 36.8 Å². The first-order valence-corrected chi connectivity index (χ1v) is 12.4. The number of pyridine rings is 1. The van der Waals surface area contributed by atoms with E-state index in [9.17, 15) is 14.4 Å². The van der Waals surface area contributed by atoms with E-state index in [0.29, 0.717) is 63.0 Å². The van der Waals surface area contributed by atoms with Crippen molar-refractivity contribution < 1.29 is 28.3 Å². The predicted molar refractivity (Wildman–Crippen MR) is 125 cm³/mol. The molecule has 5 rings (SSSR count). The van der Waals surface area contributed by atoms with E-state index in [1.165, 1.54) is 11.2 Å². The molecule has 186 valence electrons. The van der Waals surface area contributed by atoms with Gasteiger partial charge in [0.1, 0.15) is 18.6 Å². The lowest BCUT2D eigenvalue weighted by Gasteiger charge is -2.30. The lowest BCUT2D eigenvalue weighted by molar-refractivity contribution is -0.132. The number of fused-ring (bicyclic) bond motifs is 1. The van der Waals surface area contributed by atoms with Gasteiger partial charge >= 0.3 is 0 Å². The van der Waals surface area contributed by atoms with Gasteiger partial charge in [-0.15, -0.1) is 0 Å². The first-order chi connectivity index (χ1) is 17.1. The summed E-state index contributed by atoms with van der Waals surface area (Å²) in [5, 5.41) is 0. The third-order valence-corrected chi connectivity index (χ3v) is 7.03. The number of aromatic nitrogens is 1. The van der Waals surface area contributed by atoms with Crippen LogP contribution in [0.2, 0.25) is 0 Å². The molecule has 0 radical (unpaired) electrons. The Morgan fingerprint density at radius 3 is 2.83 bits per heavy atom. The van der Waals surface area contributed by atoms with Crippen LogP contribution in [0.3, 0.4) is 0 Å². The van der Waals surface area contributed by atoms with Gasteiger partial charge in [-0.3, -0.25) is 19.4 Å². The second-order valence-corrected chi connectivity index (χ2v) is 9.56.